The Kier molecular flexibility index (Phi) is 8.94. The van der Waals surface area contributed by atoms with Crippen molar-refractivity contribution in [1.82, 2.24) is 0 Å². The Morgan fingerprint density at radius 3 is 2.10 bits per heavy atom. The van der Waals surface area contributed by atoms with Crippen molar-refractivity contribution >= 4 is 0 Å². The fourth-order valence-corrected chi connectivity index (χ4v) is 5.32. The van der Waals surface area contributed by atoms with Crippen LogP contribution in [-0.2, 0) is 6.42 Å². The molecule has 1 aromatic rings. The van der Waals surface area contributed by atoms with Crippen LogP contribution in [0.4, 0.5) is 13.2 Å². The SMILES string of the molecule is FCC/C=C/[C@H]1CC[C@H](C2CCC(CCc3ccc(OC(F)F)cc3)CC2)CC1. The molecule has 0 saturated heterocycles. The van der Waals surface area contributed by atoms with Gasteiger partial charge in [-0.15, -0.1) is 0 Å². The van der Waals surface area contributed by atoms with Crippen LogP contribution in [0.1, 0.15) is 69.8 Å². The molecule has 0 radical (unpaired) electrons. The highest BCUT2D eigenvalue weighted by Gasteiger charge is 2.30. The van der Waals surface area contributed by atoms with Gasteiger partial charge in [-0.1, -0.05) is 37.1 Å². The van der Waals surface area contributed by atoms with E-state index >= 15 is 0 Å². The van der Waals surface area contributed by atoms with Gasteiger partial charge in [-0.3, -0.25) is 4.39 Å². The molecular weight excluding hydrogens is 373 g/mol. The highest BCUT2D eigenvalue weighted by atomic mass is 19.3. The number of benzene rings is 1. The maximum atomic E-state index is 12.2. The van der Waals surface area contributed by atoms with E-state index in [1.165, 1.54) is 63.4 Å². The van der Waals surface area contributed by atoms with Crippen LogP contribution in [0.2, 0.25) is 0 Å². The smallest absolute Gasteiger partial charge is 0.387 e. The first-order chi connectivity index (χ1) is 14.1. The van der Waals surface area contributed by atoms with Crippen molar-refractivity contribution in [3.8, 4) is 5.75 Å². The molecule has 2 saturated carbocycles. The van der Waals surface area contributed by atoms with E-state index in [0.29, 0.717) is 12.3 Å². The zero-order valence-electron chi connectivity index (χ0n) is 17.4. The van der Waals surface area contributed by atoms with Gasteiger partial charge >= 0.3 is 6.61 Å². The van der Waals surface area contributed by atoms with Crippen molar-refractivity contribution in [2.24, 2.45) is 23.7 Å². The third kappa shape index (κ3) is 7.38. The van der Waals surface area contributed by atoms with Gasteiger partial charge in [0.2, 0.25) is 0 Å². The van der Waals surface area contributed by atoms with Crippen LogP contribution in [0.5, 0.6) is 5.75 Å². The Balaban J connectivity index is 1.33. The quantitative estimate of drug-likeness (QED) is 0.380. The minimum Gasteiger partial charge on any atom is -0.435 e. The lowest BCUT2D eigenvalue weighted by Crippen LogP contribution is -2.25. The van der Waals surface area contributed by atoms with E-state index in [0.717, 1.165) is 24.2 Å². The molecule has 1 aromatic carbocycles. The number of hydrogen-bond acceptors (Lipinski definition) is 1. The van der Waals surface area contributed by atoms with Crippen molar-refractivity contribution in [1.29, 1.82) is 0 Å². The lowest BCUT2D eigenvalue weighted by atomic mass is 9.68. The van der Waals surface area contributed by atoms with E-state index in [9.17, 15) is 13.2 Å². The Labute approximate surface area is 173 Å². The van der Waals surface area contributed by atoms with E-state index in [1.54, 1.807) is 12.1 Å². The zero-order valence-corrected chi connectivity index (χ0v) is 17.4. The average molecular weight is 409 g/mol. The largest absolute Gasteiger partial charge is 0.435 e. The molecule has 0 aliphatic heterocycles. The summed E-state index contributed by atoms with van der Waals surface area (Å²) in [5.41, 5.74) is 1.20. The van der Waals surface area contributed by atoms with Gasteiger partial charge in [0.1, 0.15) is 5.75 Å². The number of allylic oxidation sites excluding steroid dienone is 2. The van der Waals surface area contributed by atoms with E-state index < -0.39 is 6.61 Å². The van der Waals surface area contributed by atoms with Crippen LogP contribution in [0.15, 0.2) is 36.4 Å². The Bertz CT molecular complexity index is 597. The number of rotatable bonds is 9. The summed E-state index contributed by atoms with van der Waals surface area (Å²) in [6.45, 7) is -3.00. The van der Waals surface area contributed by atoms with Crippen molar-refractivity contribution in [3.05, 3.63) is 42.0 Å². The summed E-state index contributed by atoms with van der Waals surface area (Å²) in [4.78, 5) is 0. The lowest BCUT2D eigenvalue weighted by Gasteiger charge is -2.37. The van der Waals surface area contributed by atoms with Crippen LogP contribution < -0.4 is 4.74 Å². The summed E-state index contributed by atoms with van der Waals surface area (Å²) in [5, 5.41) is 0. The topological polar surface area (TPSA) is 9.23 Å². The highest BCUT2D eigenvalue weighted by Crippen LogP contribution is 2.42. The second kappa shape index (κ2) is 11.7. The molecule has 0 aromatic heterocycles. The Morgan fingerprint density at radius 2 is 1.52 bits per heavy atom. The van der Waals surface area contributed by atoms with Gasteiger partial charge in [0.05, 0.1) is 6.67 Å². The first kappa shape index (κ1) is 22.2. The molecule has 0 atom stereocenters. The highest BCUT2D eigenvalue weighted by molar-refractivity contribution is 5.27. The predicted molar refractivity (Wildman–Crippen MR) is 112 cm³/mol. The first-order valence-electron chi connectivity index (χ1n) is 11.4. The van der Waals surface area contributed by atoms with Crippen LogP contribution in [0, 0.1) is 23.7 Å². The standard InChI is InChI=1S/C25H35F3O/c26-18-2-1-3-19-6-12-22(13-7-19)23-14-8-20(9-15-23)4-5-21-10-16-24(17-11-21)29-25(27)28/h1,3,10-11,16-17,19-20,22-23,25H,2,4-9,12-15,18H2/b3-1+/t19-,20?,22-,23?. The second-order valence-electron chi connectivity index (χ2n) is 8.92. The van der Waals surface area contributed by atoms with E-state index in [2.05, 4.69) is 10.8 Å². The molecule has 2 fully saturated rings. The summed E-state index contributed by atoms with van der Waals surface area (Å²) in [5.74, 6) is 3.49. The molecule has 0 amide bonds. The van der Waals surface area contributed by atoms with Gasteiger partial charge < -0.3 is 4.74 Å². The van der Waals surface area contributed by atoms with E-state index in [-0.39, 0.29) is 12.4 Å². The fraction of sp³-hybridized carbons (Fsp3) is 0.680. The molecule has 0 heterocycles. The molecule has 3 rings (SSSR count). The maximum Gasteiger partial charge on any atom is 0.387 e. The van der Waals surface area contributed by atoms with Gasteiger partial charge in [0, 0.05) is 0 Å². The maximum absolute atomic E-state index is 12.2. The summed E-state index contributed by atoms with van der Waals surface area (Å²) >= 11 is 0. The molecule has 29 heavy (non-hydrogen) atoms. The molecule has 2 aliphatic rings. The monoisotopic (exact) mass is 408 g/mol. The van der Waals surface area contributed by atoms with Crippen LogP contribution in [0.25, 0.3) is 0 Å². The summed E-state index contributed by atoms with van der Waals surface area (Å²) in [7, 11) is 0. The Hall–Kier alpha value is -1.45. The molecule has 0 unspecified atom stereocenters. The van der Waals surface area contributed by atoms with Crippen LogP contribution >= 0.6 is 0 Å². The molecule has 2 aliphatic carbocycles. The third-order valence-electron chi connectivity index (χ3n) is 7.05. The normalized spacial score (nSPS) is 28.1. The molecule has 0 spiro atoms. The van der Waals surface area contributed by atoms with Gasteiger partial charge in [-0.2, -0.15) is 8.78 Å². The second-order valence-corrected chi connectivity index (χ2v) is 8.92. The van der Waals surface area contributed by atoms with Crippen molar-refractivity contribution in [2.45, 2.75) is 77.2 Å². The number of ether oxygens (including phenoxy) is 1. The fourth-order valence-electron chi connectivity index (χ4n) is 5.32. The van der Waals surface area contributed by atoms with Gasteiger partial charge in [-0.25, -0.2) is 0 Å². The average Bonchev–Trinajstić information content (AvgIpc) is 2.74. The van der Waals surface area contributed by atoms with Crippen molar-refractivity contribution in [3.63, 3.8) is 0 Å². The molecule has 0 bridgehead atoms. The minimum absolute atomic E-state index is 0.233. The van der Waals surface area contributed by atoms with E-state index in [4.69, 9.17) is 0 Å². The lowest BCUT2D eigenvalue weighted by molar-refractivity contribution is -0.0498. The van der Waals surface area contributed by atoms with Gasteiger partial charge in [-0.05, 0) is 99.2 Å². The van der Waals surface area contributed by atoms with Crippen LogP contribution in [0.3, 0.4) is 0 Å². The number of halogens is 3. The van der Waals surface area contributed by atoms with Crippen molar-refractivity contribution in [2.75, 3.05) is 6.67 Å². The molecule has 4 heteroatoms. The molecule has 1 nitrogen and oxygen atoms in total. The third-order valence-corrected chi connectivity index (χ3v) is 7.05. The molecule has 0 N–H and O–H groups in total. The van der Waals surface area contributed by atoms with Gasteiger partial charge in [0.15, 0.2) is 0 Å². The molecule has 162 valence electrons. The Morgan fingerprint density at radius 1 is 0.897 bits per heavy atom. The number of aryl methyl sites for hydroxylation is 1. The first-order valence-corrected chi connectivity index (χ1v) is 11.4. The summed E-state index contributed by atoms with van der Waals surface area (Å²) < 4.78 is 41.1. The van der Waals surface area contributed by atoms with Crippen LogP contribution in [-0.4, -0.2) is 13.3 Å². The number of hydrogen-bond donors (Lipinski definition) is 0. The number of alkyl halides is 3. The van der Waals surface area contributed by atoms with Gasteiger partial charge in [0.25, 0.3) is 0 Å². The van der Waals surface area contributed by atoms with Crippen molar-refractivity contribution < 1.29 is 17.9 Å². The summed E-state index contributed by atoms with van der Waals surface area (Å²) in [6, 6.07) is 7.09. The van der Waals surface area contributed by atoms with E-state index in [1.807, 2.05) is 18.2 Å². The molecular formula is C25H35F3O. The minimum atomic E-state index is -2.76. The zero-order chi connectivity index (χ0) is 20.5. The summed E-state index contributed by atoms with van der Waals surface area (Å²) in [6.07, 6.45) is 17.6. The predicted octanol–water partition coefficient (Wildman–Crippen LogP) is 7.75.